The Morgan fingerprint density at radius 3 is 2.37 bits per heavy atom. The molecule has 4 heterocycles. The zero-order valence-corrected chi connectivity index (χ0v) is 34.4. The van der Waals surface area contributed by atoms with Gasteiger partial charge in [0.15, 0.2) is 0 Å². The lowest BCUT2D eigenvalue weighted by atomic mass is 9.91. The standard InChI is InChI=1S/C41H55ClN10O7/c1-51-35(21-26-5-6-26)30(22-47-51)38-32(42)23-46-41(50-38)48-28-9-7-27(8-10-28)45-24-37(54)44-14-16-58-18-20-59-19-17-57-15-13-43-33-4-2-3-29-31(33)25-52(40(29)56)34-11-12-36(53)49-39(34)55/h2-4,22-23,26-28,34,43,45H,5-21,24-25H2,1H3,(H,44,54)(H,46,48,50)(H,49,53,55). The first-order valence-corrected chi connectivity index (χ1v) is 21.1. The van der Waals surface area contributed by atoms with Crippen molar-refractivity contribution < 1.29 is 33.4 Å². The number of carbonyl (C=O) groups excluding carboxylic acids is 4. The number of aryl methyl sites for hydroxylation is 1. The van der Waals surface area contributed by atoms with Gasteiger partial charge in [-0.25, -0.2) is 9.97 Å². The van der Waals surface area contributed by atoms with E-state index in [0.717, 1.165) is 66.2 Å². The summed E-state index contributed by atoms with van der Waals surface area (Å²) in [6.45, 7) is 4.02. The van der Waals surface area contributed by atoms with E-state index in [1.54, 1.807) is 17.2 Å². The maximum Gasteiger partial charge on any atom is 0.255 e. The van der Waals surface area contributed by atoms with Crippen LogP contribution in [0.1, 0.15) is 73.0 Å². The van der Waals surface area contributed by atoms with E-state index in [9.17, 15) is 19.2 Å². The SMILES string of the molecule is Cn1ncc(-c2nc(NC3CCC(NCC(=O)NCCOCCOCCOCCNc4cccc5c4CN(C4CCC(=O)NC4=O)C5=O)CC3)ncc2Cl)c1CC1CC1. The van der Waals surface area contributed by atoms with E-state index >= 15 is 0 Å². The van der Waals surface area contributed by atoms with Crippen LogP contribution in [0, 0.1) is 5.92 Å². The molecule has 0 bridgehead atoms. The number of anilines is 2. The maximum absolute atomic E-state index is 13.0. The third kappa shape index (κ3) is 11.5. The number of carbonyl (C=O) groups is 4. The predicted molar refractivity (Wildman–Crippen MR) is 220 cm³/mol. The summed E-state index contributed by atoms with van der Waals surface area (Å²) in [5.74, 6) is 0.296. The van der Waals surface area contributed by atoms with E-state index in [1.165, 1.54) is 12.8 Å². The highest BCUT2D eigenvalue weighted by molar-refractivity contribution is 6.33. The van der Waals surface area contributed by atoms with Gasteiger partial charge < -0.3 is 40.4 Å². The van der Waals surface area contributed by atoms with Gasteiger partial charge in [-0.05, 0) is 69.4 Å². The molecule has 59 heavy (non-hydrogen) atoms. The Kier molecular flexibility index (Phi) is 14.8. The van der Waals surface area contributed by atoms with E-state index < -0.39 is 11.9 Å². The molecule has 17 nitrogen and oxygen atoms in total. The summed E-state index contributed by atoms with van der Waals surface area (Å²) in [4.78, 5) is 60.1. The molecule has 0 spiro atoms. The fourth-order valence-corrected chi connectivity index (χ4v) is 8.05. The van der Waals surface area contributed by atoms with Gasteiger partial charge in [0.25, 0.3) is 5.91 Å². The number of nitrogens with zero attached hydrogens (tertiary/aromatic N) is 5. The number of imide groups is 1. The maximum atomic E-state index is 13.0. The third-order valence-corrected chi connectivity index (χ3v) is 11.6. The number of halogens is 1. The quantitative estimate of drug-likeness (QED) is 0.0732. The molecule has 2 aromatic heterocycles. The summed E-state index contributed by atoms with van der Waals surface area (Å²) >= 11 is 6.55. The Balaban J connectivity index is 0.681. The summed E-state index contributed by atoms with van der Waals surface area (Å²) in [5, 5.41) is 20.5. The van der Waals surface area contributed by atoms with Gasteiger partial charge in [-0.15, -0.1) is 0 Å². The molecule has 7 rings (SSSR count). The zero-order chi connectivity index (χ0) is 41.1. The molecule has 4 aliphatic rings. The number of aromatic nitrogens is 4. The molecular weight excluding hydrogens is 780 g/mol. The van der Waals surface area contributed by atoms with Gasteiger partial charge in [-0.2, -0.15) is 5.10 Å². The number of rotatable bonds is 22. The Morgan fingerprint density at radius 1 is 0.898 bits per heavy atom. The highest BCUT2D eigenvalue weighted by Crippen LogP contribution is 2.37. The molecule has 18 heteroatoms. The molecule has 3 aromatic rings. The molecule has 0 radical (unpaired) electrons. The van der Waals surface area contributed by atoms with E-state index in [-0.39, 0.29) is 42.8 Å². The van der Waals surface area contributed by atoms with Crippen LogP contribution in [-0.4, -0.2) is 126 Å². The molecule has 3 fully saturated rings. The molecule has 2 aliphatic carbocycles. The van der Waals surface area contributed by atoms with Crippen LogP contribution in [0.4, 0.5) is 11.6 Å². The average Bonchev–Trinajstić information content (AvgIpc) is 3.90. The van der Waals surface area contributed by atoms with Crippen molar-refractivity contribution in [3.63, 3.8) is 0 Å². The van der Waals surface area contributed by atoms with Crippen LogP contribution in [0.3, 0.4) is 0 Å². The number of hydrogen-bond donors (Lipinski definition) is 5. The van der Waals surface area contributed by atoms with Crippen molar-refractivity contribution in [2.45, 2.75) is 82.5 Å². The van der Waals surface area contributed by atoms with Crippen LogP contribution >= 0.6 is 11.6 Å². The van der Waals surface area contributed by atoms with Gasteiger partial charge in [0.1, 0.15) is 6.04 Å². The monoisotopic (exact) mass is 834 g/mol. The van der Waals surface area contributed by atoms with Crippen LogP contribution in [0.5, 0.6) is 0 Å². The topological polar surface area (TPSA) is 203 Å². The van der Waals surface area contributed by atoms with Gasteiger partial charge in [0.2, 0.25) is 23.7 Å². The minimum absolute atomic E-state index is 0.0605. The number of nitrogens with one attached hydrogen (secondary N) is 5. The van der Waals surface area contributed by atoms with E-state index in [4.69, 9.17) is 30.8 Å². The van der Waals surface area contributed by atoms with Gasteiger partial charge in [0.05, 0.1) is 69.3 Å². The number of ether oxygens (including phenoxy) is 3. The van der Waals surface area contributed by atoms with E-state index in [1.807, 2.05) is 30.1 Å². The zero-order valence-electron chi connectivity index (χ0n) is 33.6. The molecule has 1 atom stereocenters. The Labute approximate surface area is 349 Å². The summed E-state index contributed by atoms with van der Waals surface area (Å²) in [6.07, 6.45) is 11.3. The second kappa shape index (κ2) is 20.5. The van der Waals surface area contributed by atoms with Crippen molar-refractivity contribution in [1.82, 2.24) is 40.6 Å². The third-order valence-electron chi connectivity index (χ3n) is 11.3. The van der Waals surface area contributed by atoms with Crippen LogP contribution in [0.15, 0.2) is 30.6 Å². The van der Waals surface area contributed by atoms with Crippen LogP contribution in [0.2, 0.25) is 5.02 Å². The van der Waals surface area contributed by atoms with E-state index in [2.05, 4.69) is 36.7 Å². The second-order valence-corrected chi connectivity index (χ2v) is 16.0. The minimum Gasteiger partial charge on any atom is -0.382 e. The molecule has 2 aliphatic heterocycles. The van der Waals surface area contributed by atoms with Crippen molar-refractivity contribution in [3.05, 3.63) is 52.4 Å². The second-order valence-electron chi connectivity index (χ2n) is 15.6. The van der Waals surface area contributed by atoms with Crippen molar-refractivity contribution in [1.29, 1.82) is 0 Å². The molecule has 5 N–H and O–H groups in total. The van der Waals surface area contributed by atoms with Crippen LogP contribution in [0.25, 0.3) is 11.3 Å². The van der Waals surface area contributed by atoms with Crippen molar-refractivity contribution in [3.8, 4) is 11.3 Å². The Hall–Kier alpha value is -4.68. The summed E-state index contributed by atoms with van der Waals surface area (Å²) in [6, 6.07) is 5.34. The Morgan fingerprint density at radius 2 is 1.63 bits per heavy atom. The number of hydrogen-bond acceptors (Lipinski definition) is 13. The van der Waals surface area contributed by atoms with Gasteiger partial charge in [-0.1, -0.05) is 17.7 Å². The number of fused-ring (bicyclic) bond motifs is 1. The molecule has 1 aromatic carbocycles. The molecule has 4 amide bonds. The fourth-order valence-electron chi connectivity index (χ4n) is 7.86. The lowest BCUT2D eigenvalue weighted by molar-refractivity contribution is -0.137. The fraction of sp³-hybridized carbons (Fsp3) is 0.585. The lowest BCUT2D eigenvalue weighted by Gasteiger charge is -2.29. The largest absolute Gasteiger partial charge is 0.382 e. The van der Waals surface area contributed by atoms with Crippen molar-refractivity contribution in [2.24, 2.45) is 13.0 Å². The van der Waals surface area contributed by atoms with Gasteiger partial charge in [0, 0.05) is 73.3 Å². The lowest BCUT2D eigenvalue weighted by Crippen LogP contribution is -2.52. The summed E-state index contributed by atoms with van der Waals surface area (Å²) in [5.41, 5.74) is 5.07. The van der Waals surface area contributed by atoms with Crippen LogP contribution < -0.4 is 26.6 Å². The van der Waals surface area contributed by atoms with Gasteiger partial charge in [-0.3, -0.25) is 29.2 Å². The average molecular weight is 835 g/mol. The first-order chi connectivity index (χ1) is 28.7. The first-order valence-electron chi connectivity index (χ1n) is 20.8. The molecule has 1 saturated heterocycles. The number of amides is 4. The predicted octanol–water partition coefficient (Wildman–Crippen LogP) is 2.83. The number of benzene rings is 1. The minimum atomic E-state index is -0.647. The molecular formula is C41H55ClN10O7. The molecule has 318 valence electrons. The van der Waals surface area contributed by atoms with Gasteiger partial charge >= 0.3 is 0 Å². The first kappa shape index (κ1) is 42.4. The normalized spacial score (nSPS) is 20.4. The van der Waals surface area contributed by atoms with Crippen molar-refractivity contribution in [2.75, 3.05) is 69.9 Å². The molecule has 2 saturated carbocycles. The smallest absolute Gasteiger partial charge is 0.255 e. The Bertz CT molecular complexity index is 1950. The summed E-state index contributed by atoms with van der Waals surface area (Å²) < 4.78 is 18.8. The highest BCUT2D eigenvalue weighted by atomic mass is 35.5. The van der Waals surface area contributed by atoms with E-state index in [0.29, 0.717) is 82.2 Å². The number of piperidine rings is 1. The van der Waals surface area contributed by atoms with Crippen molar-refractivity contribution >= 4 is 46.9 Å². The van der Waals surface area contributed by atoms with Crippen LogP contribution in [-0.2, 0) is 48.6 Å². The highest BCUT2D eigenvalue weighted by Gasteiger charge is 2.40. The molecule has 1 unspecified atom stereocenters. The summed E-state index contributed by atoms with van der Waals surface area (Å²) in [7, 11) is 1.97.